The Morgan fingerprint density at radius 1 is 1.27 bits per heavy atom. The number of anilines is 1. The number of pyridine rings is 2. The lowest BCUT2D eigenvalue weighted by atomic mass is 10.2. The first kappa shape index (κ1) is 15.9. The fraction of sp³-hybridized carbons (Fsp3) is 0.353. The van der Waals surface area contributed by atoms with E-state index in [4.69, 9.17) is 0 Å². The van der Waals surface area contributed by atoms with Crippen LogP contribution in [0.15, 0.2) is 43.0 Å². The van der Waals surface area contributed by atoms with Gasteiger partial charge in [-0.25, -0.2) is 0 Å². The van der Waals surface area contributed by atoms with Gasteiger partial charge in [-0.3, -0.25) is 14.8 Å². The summed E-state index contributed by atoms with van der Waals surface area (Å²) >= 11 is 0. The van der Waals surface area contributed by atoms with E-state index in [0.29, 0.717) is 12.1 Å². The van der Waals surface area contributed by atoms with Gasteiger partial charge in [-0.15, -0.1) is 0 Å². The van der Waals surface area contributed by atoms with E-state index in [9.17, 15) is 4.79 Å². The van der Waals surface area contributed by atoms with Crippen LogP contribution in [0.3, 0.4) is 0 Å². The van der Waals surface area contributed by atoms with Gasteiger partial charge in [0.05, 0.1) is 11.3 Å². The van der Waals surface area contributed by atoms with Crippen LogP contribution in [0, 0.1) is 0 Å². The second-order valence-corrected chi connectivity index (χ2v) is 5.26. The van der Waals surface area contributed by atoms with E-state index < -0.39 is 0 Å². The van der Waals surface area contributed by atoms with Crippen molar-refractivity contribution in [2.45, 2.75) is 26.3 Å². The normalized spacial score (nSPS) is 10.3. The Labute approximate surface area is 131 Å². The Morgan fingerprint density at radius 3 is 2.86 bits per heavy atom. The number of aromatic nitrogens is 2. The summed E-state index contributed by atoms with van der Waals surface area (Å²) in [5, 5.41) is 3.27. The van der Waals surface area contributed by atoms with E-state index in [-0.39, 0.29) is 5.91 Å². The Kier molecular flexibility index (Phi) is 5.89. The number of carbonyl (C=O) groups is 1. The van der Waals surface area contributed by atoms with E-state index in [2.05, 4.69) is 22.2 Å². The Balaban J connectivity index is 1.98. The fourth-order valence-corrected chi connectivity index (χ4v) is 2.08. The molecule has 0 radical (unpaired) electrons. The average molecular weight is 298 g/mol. The number of rotatable bonds is 7. The minimum Gasteiger partial charge on any atom is -0.380 e. The van der Waals surface area contributed by atoms with Crippen LogP contribution in [0.2, 0.25) is 0 Å². The molecule has 2 aromatic rings. The molecule has 22 heavy (non-hydrogen) atoms. The topological polar surface area (TPSA) is 58.1 Å². The van der Waals surface area contributed by atoms with Crippen molar-refractivity contribution >= 4 is 11.6 Å². The highest BCUT2D eigenvalue weighted by Crippen LogP contribution is 2.12. The van der Waals surface area contributed by atoms with E-state index >= 15 is 0 Å². The van der Waals surface area contributed by atoms with Crippen LogP contribution in [-0.2, 0) is 6.54 Å². The molecule has 0 saturated heterocycles. The van der Waals surface area contributed by atoms with Gasteiger partial charge < -0.3 is 10.2 Å². The van der Waals surface area contributed by atoms with Crippen LogP contribution >= 0.6 is 0 Å². The molecule has 116 valence electrons. The molecule has 0 saturated carbocycles. The molecule has 0 spiro atoms. The smallest absolute Gasteiger partial charge is 0.255 e. The summed E-state index contributed by atoms with van der Waals surface area (Å²) in [5.41, 5.74) is 2.52. The fourth-order valence-electron chi connectivity index (χ4n) is 2.08. The number of unbranched alkanes of at least 4 members (excludes halogenated alkanes) is 1. The third kappa shape index (κ3) is 4.55. The van der Waals surface area contributed by atoms with Crippen molar-refractivity contribution in [3.63, 3.8) is 0 Å². The maximum absolute atomic E-state index is 12.3. The van der Waals surface area contributed by atoms with Gasteiger partial charge in [0.25, 0.3) is 5.91 Å². The van der Waals surface area contributed by atoms with E-state index in [0.717, 1.165) is 30.6 Å². The van der Waals surface area contributed by atoms with Crippen molar-refractivity contribution in [2.75, 3.05) is 18.9 Å². The predicted octanol–water partition coefficient (Wildman–Crippen LogP) is 2.96. The third-order valence-corrected chi connectivity index (χ3v) is 3.40. The van der Waals surface area contributed by atoms with Crippen molar-refractivity contribution in [2.24, 2.45) is 0 Å². The molecule has 0 bridgehead atoms. The predicted molar refractivity (Wildman–Crippen MR) is 87.7 cm³/mol. The second-order valence-electron chi connectivity index (χ2n) is 5.26. The standard InChI is InChI=1S/C17H22N4O/c1-3-4-8-21(2)17(22)15-9-16(13-19-12-15)20-11-14-6-5-7-18-10-14/h5-7,9-10,12-13,20H,3-4,8,11H2,1-2H3. The lowest BCUT2D eigenvalue weighted by molar-refractivity contribution is 0.0793. The SMILES string of the molecule is CCCCN(C)C(=O)c1cncc(NCc2cccnc2)c1. The lowest BCUT2D eigenvalue weighted by Gasteiger charge is -2.17. The van der Waals surface area contributed by atoms with Crippen LogP contribution in [0.5, 0.6) is 0 Å². The van der Waals surface area contributed by atoms with E-state index in [1.807, 2.05) is 31.4 Å². The Bertz CT molecular complexity index is 601. The molecule has 2 aromatic heterocycles. The van der Waals surface area contributed by atoms with Crippen LogP contribution in [-0.4, -0.2) is 34.4 Å². The van der Waals surface area contributed by atoms with Crippen molar-refractivity contribution < 1.29 is 4.79 Å². The van der Waals surface area contributed by atoms with Crippen molar-refractivity contribution in [1.29, 1.82) is 0 Å². The number of amides is 1. The van der Waals surface area contributed by atoms with Gasteiger partial charge in [0.2, 0.25) is 0 Å². The zero-order chi connectivity index (χ0) is 15.8. The zero-order valence-corrected chi connectivity index (χ0v) is 13.1. The second kappa shape index (κ2) is 8.12. The van der Waals surface area contributed by atoms with Crippen LogP contribution in [0.4, 0.5) is 5.69 Å². The summed E-state index contributed by atoms with van der Waals surface area (Å²) < 4.78 is 0. The maximum Gasteiger partial charge on any atom is 0.255 e. The van der Waals surface area contributed by atoms with Crippen molar-refractivity contribution in [3.05, 3.63) is 54.1 Å². The van der Waals surface area contributed by atoms with Crippen LogP contribution in [0.25, 0.3) is 0 Å². The summed E-state index contributed by atoms with van der Waals surface area (Å²) in [6.07, 6.45) is 8.97. The number of nitrogens with one attached hydrogen (secondary N) is 1. The van der Waals surface area contributed by atoms with Gasteiger partial charge >= 0.3 is 0 Å². The first-order chi connectivity index (χ1) is 10.7. The van der Waals surface area contributed by atoms with Crippen molar-refractivity contribution in [3.8, 4) is 0 Å². The molecule has 0 fully saturated rings. The van der Waals surface area contributed by atoms with E-state index in [1.165, 1.54) is 0 Å². The first-order valence-electron chi connectivity index (χ1n) is 7.54. The number of nitrogens with zero attached hydrogens (tertiary/aromatic N) is 3. The Morgan fingerprint density at radius 2 is 2.14 bits per heavy atom. The molecule has 2 heterocycles. The van der Waals surface area contributed by atoms with Gasteiger partial charge in [0.15, 0.2) is 0 Å². The maximum atomic E-state index is 12.3. The molecule has 5 heteroatoms. The van der Waals surface area contributed by atoms with Crippen molar-refractivity contribution in [1.82, 2.24) is 14.9 Å². The van der Waals surface area contributed by atoms with E-state index in [1.54, 1.807) is 23.5 Å². The van der Waals surface area contributed by atoms with Gasteiger partial charge in [0, 0.05) is 44.9 Å². The van der Waals surface area contributed by atoms with Gasteiger partial charge in [-0.2, -0.15) is 0 Å². The van der Waals surface area contributed by atoms with Gasteiger partial charge in [-0.1, -0.05) is 19.4 Å². The third-order valence-electron chi connectivity index (χ3n) is 3.40. The summed E-state index contributed by atoms with van der Waals surface area (Å²) in [4.78, 5) is 22.3. The quantitative estimate of drug-likeness (QED) is 0.854. The summed E-state index contributed by atoms with van der Waals surface area (Å²) in [6, 6.07) is 5.74. The molecular formula is C17H22N4O. The van der Waals surface area contributed by atoms with Crippen LogP contribution < -0.4 is 5.32 Å². The molecule has 5 nitrogen and oxygen atoms in total. The minimum absolute atomic E-state index is 0.00553. The molecule has 0 aliphatic heterocycles. The summed E-state index contributed by atoms with van der Waals surface area (Å²) in [6.45, 7) is 3.53. The molecule has 0 unspecified atom stereocenters. The highest BCUT2D eigenvalue weighted by atomic mass is 16.2. The summed E-state index contributed by atoms with van der Waals surface area (Å²) in [7, 11) is 1.83. The lowest BCUT2D eigenvalue weighted by Crippen LogP contribution is -2.27. The van der Waals surface area contributed by atoms with Gasteiger partial charge in [0.1, 0.15) is 0 Å². The average Bonchev–Trinajstić information content (AvgIpc) is 2.58. The highest BCUT2D eigenvalue weighted by Gasteiger charge is 2.12. The molecule has 1 N–H and O–H groups in total. The highest BCUT2D eigenvalue weighted by molar-refractivity contribution is 5.94. The van der Waals surface area contributed by atoms with Gasteiger partial charge in [-0.05, 0) is 24.1 Å². The first-order valence-corrected chi connectivity index (χ1v) is 7.54. The largest absolute Gasteiger partial charge is 0.380 e. The van der Waals surface area contributed by atoms with Crippen LogP contribution in [0.1, 0.15) is 35.7 Å². The zero-order valence-electron chi connectivity index (χ0n) is 13.1. The number of carbonyl (C=O) groups excluding carboxylic acids is 1. The monoisotopic (exact) mass is 298 g/mol. The molecule has 0 aliphatic carbocycles. The minimum atomic E-state index is 0.00553. The summed E-state index contributed by atoms with van der Waals surface area (Å²) in [5.74, 6) is 0.00553. The molecule has 2 rings (SSSR count). The molecule has 0 aromatic carbocycles. The molecule has 1 amide bonds. The number of hydrogen-bond donors (Lipinski definition) is 1. The number of hydrogen-bond acceptors (Lipinski definition) is 4. The Hall–Kier alpha value is -2.43. The molecule has 0 aliphatic rings. The molecular weight excluding hydrogens is 276 g/mol. The molecule has 0 atom stereocenters.